The topological polar surface area (TPSA) is 108 Å². The van der Waals surface area contributed by atoms with Crippen LogP contribution < -0.4 is 16.4 Å². The Morgan fingerprint density at radius 2 is 2.05 bits per heavy atom. The summed E-state index contributed by atoms with van der Waals surface area (Å²) in [6.07, 6.45) is 1.39. The van der Waals surface area contributed by atoms with Crippen molar-refractivity contribution in [3.63, 3.8) is 0 Å². The minimum absolute atomic E-state index is 0.0236. The molecule has 2 rings (SSSR count). The molecular formula is C13H16N4O2. The van der Waals surface area contributed by atoms with Gasteiger partial charge in [-0.15, -0.1) is 0 Å². The van der Waals surface area contributed by atoms with E-state index in [1.165, 1.54) is 0 Å². The second-order valence-electron chi connectivity index (χ2n) is 4.47. The average Bonchev–Trinajstić information content (AvgIpc) is 2.39. The van der Waals surface area contributed by atoms with Gasteiger partial charge in [-0.05, 0) is 37.1 Å². The minimum atomic E-state index is -0.624. The standard InChI is InChI=1S/C13H16N4O2/c14-11(15)8-3-5-9(6-4-8)17-13(19)10-2-1-7-16-12(10)18/h3-6,10H,1-2,7H2,(H3,14,15)(H,16,18)(H,17,19)/t10-/m0/s1. The molecule has 1 aromatic rings. The molecule has 1 aliphatic heterocycles. The summed E-state index contributed by atoms with van der Waals surface area (Å²) in [5, 5.41) is 12.6. The number of amides is 2. The van der Waals surface area contributed by atoms with Crippen molar-refractivity contribution < 1.29 is 9.59 Å². The van der Waals surface area contributed by atoms with E-state index in [1.54, 1.807) is 24.3 Å². The van der Waals surface area contributed by atoms with Crippen LogP contribution in [-0.4, -0.2) is 24.2 Å². The van der Waals surface area contributed by atoms with Crippen LogP contribution in [0.2, 0.25) is 0 Å². The van der Waals surface area contributed by atoms with Gasteiger partial charge in [-0.1, -0.05) is 0 Å². The molecule has 6 heteroatoms. The van der Waals surface area contributed by atoms with Gasteiger partial charge in [-0.25, -0.2) is 0 Å². The van der Waals surface area contributed by atoms with Gasteiger partial charge in [0.1, 0.15) is 11.8 Å². The number of amidine groups is 1. The zero-order valence-electron chi connectivity index (χ0n) is 10.4. The lowest BCUT2D eigenvalue weighted by atomic mass is 9.97. The highest BCUT2D eigenvalue weighted by atomic mass is 16.2. The van der Waals surface area contributed by atoms with Gasteiger partial charge in [0.05, 0.1) is 0 Å². The molecule has 19 heavy (non-hydrogen) atoms. The highest BCUT2D eigenvalue weighted by Gasteiger charge is 2.28. The van der Waals surface area contributed by atoms with E-state index in [4.69, 9.17) is 11.1 Å². The van der Waals surface area contributed by atoms with Crippen LogP contribution in [0, 0.1) is 11.3 Å². The second kappa shape index (κ2) is 5.51. The number of nitrogens with two attached hydrogens (primary N) is 1. The number of benzene rings is 1. The lowest BCUT2D eigenvalue weighted by molar-refractivity contribution is -0.134. The molecule has 5 N–H and O–H groups in total. The van der Waals surface area contributed by atoms with Crippen LogP contribution in [0.5, 0.6) is 0 Å². The second-order valence-corrected chi connectivity index (χ2v) is 4.47. The first kappa shape index (κ1) is 13.1. The largest absolute Gasteiger partial charge is 0.384 e. The van der Waals surface area contributed by atoms with E-state index in [-0.39, 0.29) is 17.6 Å². The van der Waals surface area contributed by atoms with Gasteiger partial charge >= 0.3 is 0 Å². The van der Waals surface area contributed by atoms with Crippen molar-refractivity contribution in [2.75, 3.05) is 11.9 Å². The predicted molar refractivity (Wildman–Crippen MR) is 71.8 cm³/mol. The SMILES string of the molecule is N=C(N)c1ccc(NC(=O)[C@H]2CCCNC2=O)cc1. The van der Waals surface area contributed by atoms with E-state index >= 15 is 0 Å². The number of rotatable bonds is 3. The zero-order valence-corrected chi connectivity index (χ0v) is 10.4. The van der Waals surface area contributed by atoms with Gasteiger partial charge in [0.25, 0.3) is 0 Å². The van der Waals surface area contributed by atoms with Crippen molar-refractivity contribution in [2.24, 2.45) is 11.7 Å². The molecule has 1 fully saturated rings. The first-order valence-corrected chi connectivity index (χ1v) is 6.11. The number of nitrogen functional groups attached to an aromatic ring is 1. The fourth-order valence-corrected chi connectivity index (χ4v) is 1.98. The summed E-state index contributed by atoms with van der Waals surface area (Å²) in [7, 11) is 0. The van der Waals surface area contributed by atoms with Gasteiger partial charge in [-0.3, -0.25) is 15.0 Å². The molecule has 2 amide bonds. The highest BCUT2D eigenvalue weighted by Crippen LogP contribution is 2.15. The fraction of sp³-hybridized carbons (Fsp3) is 0.308. The van der Waals surface area contributed by atoms with Crippen LogP contribution in [0.3, 0.4) is 0 Å². The van der Waals surface area contributed by atoms with Crippen LogP contribution in [0.1, 0.15) is 18.4 Å². The molecule has 6 nitrogen and oxygen atoms in total. The Balaban J connectivity index is 2.02. The maximum absolute atomic E-state index is 12.0. The van der Waals surface area contributed by atoms with Crippen molar-refractivity contribution in [1.29, 1.82) is 5.41 Å². The summed E-state index contributed by atoms with van der Waals surface area (Å²) in [6, 6.07) is 6.63. The molecular weight excluding hydrogens is 244 g/mol. The maximum Gasteiger partial charge on any atom is 0.236 e. The summed E-state index contributed by atoms with van der Waals surface area (Å²) in [4.78, 5) is 23.5. The Hall–Kier alpha value is -2.37. The number of carbonyl (C=O) groups is 2. The number of carbonyl (C=O) groups excluding carboxylic acids is 2. The van der Waals surface area contributed by atoms with Crippen molar-refractivity contribution in [1.82, 2.24) is 5.32 Å². The van der Waals surface area contributed by atoms with Crippen LogP contribution in [0.25, 0.3) is 0 Å². The van der Waals surface area contributed by atoms with E-state index in [2.05, 4.69) is 10.6 Å². The highest BCUT2D eigenvalue weighted by molar-refractivity contribution is 6.06. The van der Waals surface area contributed by atoms with E-state index in [9.17, 15) is 9.59 Å². The fourth-order valence-electron chi connectivity index (χ4n) is 1.98. The zero-order chi connectivity index (χ0) is 13.8. The third kappa shape index (κ3) is 3.09. The molecule has 0 bridgehead atoms. The molecule has 100 valence electrons. The number of anilines is 1. The maximum atomic E-state index is 12.0. The van der Waals surface area contributed by atoms with Crippen molar-refractivity contribution in [2.45, 2.75) is 12.8 Å². The third-order valence-corrected chi connectivity index (χ3v) is 3.07. The van der Waals surface area contributed by atoms with E-state index in [1.807, 2.05) is 0 Å². The summed E-state index contributed by atoms with van der Waals surface area (Å²) >= 11 is 0. The summed E-state index contributed by atoms with van der Waals surface area (Å²) in [6.45, 7) is 0.635. The van der Waals surface area contributed by atoms with Crippen LogP contribution in [0.15, 0.2) is 24.3 Å². The van der Waals surface area contributed by atoms with Gasteiger partial charge in [0.15, 0.2) is 0 Å². The molecule has 1 heterocycles. The Kier molecular flexibility index (Phi) is 3.79. The molecule has 1 atom stereocenters. The first-order chi connectivity index (χ1) is 9.08. The molecule has 0 aliphatic carbocycles. The molecule has 0 aromatic heterocycles. The number of hydrogen-bond acceptors (Lipinski definition) is 3. The van der Waals surface area contributed by atoms with Gasteiger partial charge < -0.3 is 16.4 Å². The van der Waals surface area contributed by atoms with Gasteiger partial charge in [0, 0.05) is 17.8 Å². The Labute approximate surface area is 110 Å². The van der Waals surface area contributed by atoms with Crippen LogP contribution >= 0.6 is 0 Å². The molecule has 1 aliphatic rings. The van der Waals surface area contributed by atoms with E-state index < -0.39 is 5.92 Å². The van der Waals surface area contributed by atoms with E-state index in [0.29, 0.717) is 24.2 Å². The minimum Gasteiger partial charge on any atom is -0.384 e. The monoisotopic (exact) mass is 260 g/mol. The number of hydrogen-bond donors (Lipinski definition) is 4. The lowest BCUT2D eigenvalue weighted by Gasteiger charge is -2.21. The van der Waals surface area contributed by atoms with Crippen LogP contribution in [-0.2, 0) is 9.59 Å². The Morgan fingerprint density at radius 1 is 1.37 bits per heavy atom. The van der Waals surface area contributed by atoms with Crippen molar-refractivity contribution in [3.05, 3.63) is 29.8 Å². The van der Waals surface area contributed by atoms with E-state index in [0.717, 1.165) is 6.42 Å². The predicted octanol–water partition coefficient (Wildman–Crippen LogP) is 0.435. The lowest BCUT2D eigenvalue weighted by Crippen LogP contribution is -2.42. The molecule has 0 unspecified atom stereocenters. The first-order valence-electron chi connectivity index (χ1n) is 6.11. The number of piperidine rings is 1. The number of nitrogens with one attached hydrogen (secondary N) is 3. The smallest absolute Gasteiger partial charge is 0.236 e. The Morgan fingerprint density at radius 3 is 2.63 bits per heavy atom. The molecule has 1 aromatic carbocycles. The summed E-state index contributed by atoms with van der Waals surface area (Å²) in [5.41, 5.74) is 6.53. The third-order valence-electron chi connectivity index (χ3n) is 3.07. The van der Waals surface area contributed by atoms with Crippen molar-refractivity contribution in [3.8, 4) is 0 Å². The molecule has 0 saturated carbocycles. The Bertz CT molecular complexity index is 510. The molecule has 0 spiro atoms. The van der Waals surface area contributed by atoms with Crippen molar-refractivity contribution >= 4 is 23.3 Å². The normalized spacial score (nSPS) is 18.5. The molecule has 1 saturated heterocycles. The summed E-state index contributed by atoms with van der Waals surface area (Å²) < 4.78 is 0. The van der Waals surface area contributed by atoms with Crippen LogP contribution in [0.4, 0.5) is 5.69 Å². The summed E-state index contributed by atoms with van der Waals surface area (Å²) in [5.74, 6) is -1.16. The quantitative estimate of drug-likeness (QED) is 0.359. The van der Waals surface area contributed by atoms with Gasteiger partial charge in [-0.2, -0.15) is 0 Å². The van der Waals surface area contributed by atoms with Gasteiger partial charge in [0.2, 0.25) is 11.8 Å². The average molecular weight is 260 g/mol. The molecule has 0 radical (unpaired) electrons.